The van der Waals surface area contributed by atoms with E-state index in [9.17, 15) is 4.79 Å². The van der Waals surface area contributed by atoms with Crippen LogP contribution in [0.25, 0.3) is 0 Å². The predicted octanol–water partition coefficient (Wildman–Crippen LogP) is 3.17. The second-order valence-electron chi connectivity index (χ2n) is 5.91. The maximum Gasteiger partial charge on any atom is 0.233 e. The molecule has 0 spiro atoms. The molecule has 2 fully saturated rings. The number of rotatable bonds is 5. The van der Waals surface area contributed by atoms with Gasteiger partial charge in [0.25, 0.3) is 0 Å². The van der Waals surface area contributed by atoms with Crippen LogP contribution in [0.15, 0.2) is 29.2 Å². The predicted molar refractivity (Wildman–Crippen MR) is 87.9 cm³/mol. The molecule has 114 valence electrons. The fourth-order valence-corrected chi connectivity index (χ4v) is 3.94. The Morgan fingerprint density at radius 1 is 1.38 bits per heavy atom. The zero-order chi connectivity index (χ0) is 14.8. The quantitative estimate of drug-likeness (QED) is 0.844. The van der Waals surface area contributed by atoms with Gasteiger partial charge in [0, 0.05) is 30.1 Å². The third-order valence-electron chi connectivity index (χ3n) is 4.14. The van der Waals surface area contributed by atoms with E-state index < -0.39 is 0 Å². The molecule has 0 radical (unpaired) electrons. The molecule has 2 aliphatic rings. The van der Waals surface area contributed by atoms with Crippen LogP contribution in [-0.4, -0.2) is 41.2 Å². The lowest BCUT2D eigenvalue weighted by atomic mass is 10.2. The Balaban J connectivity index is 1.49. The average Bonchev–Trinajstić information content (AvgIpc) is 3.22. The highest BCUT2D eigenvalue weighted by atomic mass is 35.5. The Hall–Kier alpha value is -0.710. The van der Waals surface area contributed by atoms with Crippen molar-refractivity contribution >= 4 is 29.3 Å². The van der Waals surface area contributed by atoms with Crippen molar-refractivity contribution in [3.05, 3.63) is 29.3 Å². The van der Waals surface area contributed by atoms with Gasteiger partial charge in [0.15, 0.2) is 0 Å². The molecule has 1 aliphatic carbocycles. The fraction of sp³-hybridized carbons (Fsp3) is 0.562. The first-order chi connectivity index (χ1) is 10.1. The van der Waals surface area contributed by atoms with E-state index in [1.165, 1.54) is 24.6 Å². The molecule has 0 aromatic heterocycles. The van der Waals surface area contributed by atoms with E-state index in [0.29, 0.717) is 11.1 Å². The summed E-state index contributed by atoms with van der Waals surface area (Å²) in [6.07, 6.45) is 3.74. The molecule has 0 bridgehead atoms. The van der Waals surface area contributed by atoms with E-state index >= 15 is 0 Å². The van der Waals surface area contributed by atoms with E-state index in [0.717, 1.165) is 30.4 Å². The van der Waals surface area contributed by atoms with Crippen LogP contribution in [0.5, 0.6) is 0 Å². The van der Waals surface area contributed by atoms with E-state index in [-0.39, 0.29) is 11.2 Å². The van der Waals surface area contributed by atoms with Gasteiger partial charge in [-0.25, -0.2) is 0 Å². The number of likely N-dealkylation sites (tertiary alicyclic amines) is 1. The minimum Gasteiger partial charge on any atom is -0.351 e. The van der Waals surface area contributed by atoms with E-state index in [4.69, 9.17) is 11.6 Å². The second-order valence-corrected chi connectivity index (χ2v) is 7.70. The Labute approximate surface area is 135 Å². The second kappa shape index (κ2) is 6.59. The number of nitrogens with one attached hydrogen (secondary N) is 1. The lowest BCUT2D eigenvalue weighted by Crippen LogP contribution is -2.41. The van der Waals surface area contributed by atoms with Gasteiger partial charge in [-0.1, -0.05) is 23.7 Å². The van der Waals surface area contributed by atoms with Gasteiger partial charge in [0.05, 0.1) is 10.3 Å². The fourth-order valence-electron chi connectivity index (χ4n) is 2.78. The summed E-state index contributed by atoms with van der Waals surface area (Å²) in [6.45, 7) is 4.08. The van der Waals surface area contributed by atoms with Crippen LogP contribution in [-0.2, 0) is 4.79 Å². The number of carbonyl (C=O) groups is 1. The highest BCUT2D eigenvalue weighted by Crippen LogP contribution is 2.31. The standard InChI is InChI=1S/C16H21ClN2OS/c1-11(21-15-5-3-2-4-14(15)17)16(20)18-12-8-9-19(10-12)13-6-7-13/h2-5,11-13H,6-10H2,1H3,(H,18,20). The first-order valence-corrected chi connectivity index (χ1v) is 8.85. The van der Waals surface area contributed by atoms with Crippen molar-refractivity contribution in [1.29, 1.82) is 0 Å². The van der Waals surface area contributed by atoms with Crippen LogP contribution in [0.3, 0.4) is 0 Å². The molecule has 3 rings (SSSR count). The molecule has 3 nitrogen and oxygen atoms in total. The van der Waals surface area contributed by atoms with Crippen molar-refractivity contribution in [1.82, 2.24) is 10.2 Å². The minimum atomic E-state index is -0.125. The van der Waals surface area contributed by atoms with Crippen molar-refractivity contribution in [2.75, 3.05) is 13.1 Å². The van der Waals surface area contributed by atoms with Gasteiger partial charge in [-0.3, -0.25) is 9.69 Å². The summed E-state index contributed by atoms with van der Waals surface area (Å²) in [7, 11) is 0. The summed E-state index contributed by atoms with van der Waals surface area (Å²) in [5.41, 5.74) is 0. The van der Waals surface area contributed by atoms with Crippen LogP contribution >= 0.6 is 23.4 Å². The van der Waals surface area contributed by atoms with Gasteiger partial charge >= 0.3 is 0 Å². The molecule has 1 aromatic rings. The van der Waals surface area contributed by atoms with Gasteiger partial charge in [0.2, 0.25) is 5.91 Å². The average molecular weight is 325 g/mol. The summed E-state index contributed by atoms with van der Waals surface area (Å²) >= 11 is 7.67. The molecule has 2 unspecified atom stereocenters. The summed E-state index contributed by atoms with van der Waals surface area (Å²) in [5, 5.41) is 3.77. The maximum absolute atomic E-state index is 12.3. The number of halogens is 1. The van der Waals surface area contributed by atoms with Crippen LogP contribution in [0.1, 0.15) is 26.2 Å². The molecule has 1 N–H and O–H groups in total. The molecule has 21 heavy (non-hydrogen) atoms. The Bertz CT molecular complexity index is 521. The SMILES string of the molecule is CC(Sc1ccccc1Cl)C(=O)NC1CCN(C2CC2)C1. The number of hydrogen-bond donors (Lipinski definition) is 1. The maximum atomic E-state index is 12.3. The monoisotopic (exact) mass is 324 g/mol. The van der Waals surface area contributed by atoms with Crippen molar-refractivity contribution in [2.24, 2.45) is 0 Å². The molecular weight excluding hydrogens is 304 g/mol. The summed E-state index contributed by atoms with van der Waals surface area (Å²) in [6, 6.07) is 8.78. The van der Waals surface area contributed by atoms with Gasteiger partial charge in [0.1, 0.15) is 0 Å². The van der Waals surface area contributed by atoms with E-state index in [2.05, 4.69) is 10.2 Å². The van der Waals surface area contributed by atoms with Crippen molar-refractivity contribution in [3.8, 4) is 0 Å². The minimum absolute atomic E-state index is 0.113. The molecule has 1 saturated carbocycles. The molecule has 1 amide bonds. The van der Waals surface area contributed by atoms with Crippen LogP contribution in [0, 0.1) is 0 Å². The van der Waals surface area contributed by atoms with Gasteiger partial charge < -0.3 is 5.32 Å². The van der Waals surface area contributed by atoms with Gasteiger partial charge in [-0.15, -0.1) is 11.8 Å². The number of amides is 1. The summed E-state index contributed by atoms with van der Waals surface area (Å²) in [5.74, 6) is 0.113. The van der Waals surface area contributed by atoms with Crippen LogP contribution in [0.4, 0.5) is 0 Å². The number of thioether (sulfide) groups is 1. The highest BCUT2D eigenvalue weighted by molar-refractivity contribution is 8.00. The Morgan fingerprint density at radius 2 is 2.14 bits per heavy atom. The summed E-state index contributed by atoms with van der Waals surface area (Å²) in [4.78, 5) is 15.8. The highest BCUT2D eigenvalue weighted by Gasteiger charge is 2.35. The summed E-state index contributed by atoms with van der Waals surface area (Å²) < 4.78 is 0. The molecule has 1 saturated heterocycles. The van der Waals surface area contributed by atoms with Gasteiger partial charge in [-0.2, -0.15) is 0 Å². The topological polar surface area (TPSA) is 32.3 Å². The third kappa shape index (κ3) is 3.93. The van der Waals surface area contributed by atoms with Crippen molar-refractivity contribution in [3.63, 3.8) is 0 Å². The Morgan fingerprint density at radius 3 is 2.86 bits per heavy atom. The van der Waals surface area contributed by atoms with E-state index in [1.54, 1.807) is 0 Å². The lowest BCUT2D eigenvalue weighted by molar-refractivity contribution is -0.120. The van der Waals surface area contributed by atoms with Crippen LogP contribution < -0.4 is 5.32 Å². The third-order valence-corrected chi connectivity index (χ3v) is 5.76. The lowest BCUT2D eigenvalue weighted by Gasteiger charge is -2.18. The smallest absolute Gasteiger partial charge is 0.233 e. The molecule has 1 aliphatic heterocycles. The van der Waals surface area contributed by atoms with E-state index in [1.807, 2.05) is 31.2 Å². The molecule has 2 atom stereocenters. The Kier molecular flexibility index (Phi) is 4.77. The molecule has 1 aromatic carbocycles. The number of benzene rings is 1. The zero-order valence-electron chi connectivity index (χ0n) is 12.2. The van der Waals surface area contributed by atoms with Crippen molar-refractivity contribution < 1.29 is 4.79 Å². The molecular formula is C16H21ClN2OS. The normalized spacial score (nSPS) is 24.0. The van der Waals surface area contributed by atoms with Gasteiger partial charge in [-0.05, 0) is 38.3 Å². The first-order valence-electron chi connectivity index (χ1n) is 7.59. The zero-order valence-corrected chi connectivity index (χ0v) is 13.8. The number of carbonyl (C=O) groups excluding carboxylic acids is 1. The number of hydrogen-bond acceptors (Lipinski definition) is 3. The molecule has 5 heteroatoms. The number of nitrogens with zero attached hydrogens (tertiary/aromatic N) is 1. The largest absolute Gasteiger partial charge is 0.351 e. The molecule has 1 heterocycles. The van der Waals surface area contributed by atoms with Crippen LogP contribution in [0.2, 0.25) is 5.02 Å². The van der Waals surface area contributed by atoms with Crippen molar-refractivity contribution in [2.45, 2.75) is 48.4 Å². The first kappa shape index (κ1) is 15.2.